The zero-order valence-corrected chi connectivity index (χ0v) is 32.1. The van der Waals surface area contributed by atoms with E-state index in [0.29, 0.717) is 31.2 Å². The molecule has 3 N–H and O–H groups in total. The highest BCUT2D eigenvalue weighted by Crippen LogP contribution is 2.38. The van der Waals surface area contributed by atoms with Crippen molar-refractivity contribution in [2.75, 3.05) is 46.4 Å². The summed E-state index contributed by atoms with van der Waals surface area (Å²) in [5.41, 5.74) is 7.05. The Morgan fingerprint density at radius 3 is 2.18 bits per heavy atom. The SMILES string of the molecule is CC/C(=C\C=C(/N)[C@@H](CN1CCN(C(=O)OC(C)(C)C)[C@H](C)C1)Oc1cc(C)c(C(=O)Oc2c(F)c(F)c(F)c(F)c2F)cc1C(=O)NCCOC)C1CC1. The minimum Gasteiger partial charge on any atom is -0.482 e. The molecule has 11 nitrogen and oxygen atoms in total. The average molecular weight is 781 g/mol. The number of nitrogens with one attached hydrogen (secondary N) is 1. The molecule has 4 rings (SSSR count). The van der Waals surface area contributed by atoms with Gasteiger partial charge in [0.15, 0.2) is 6.10 Å². The monoisotopic (exact) mass is 780 g/mol. The number of piperazine rings is 1. The van der Waals surface area contributed by atoms with E-state index in [9.17, 15) is 36.3 Å². The van der Waals surface area contributed by atoms with Crippen molar-refractivity contribution >= 4 is 18.0 Å². The van der Waals surface area contributed by atoms with E-state index in [0.717, 1.165) is 25.3 Å². The fourth-order valence-electron chi connectivity index (χ4n) is 6.06. The summed E-state index contributed by atoms with van der Waals surface area (Å²) in [6.07, 6.45) is 5.45. The molecular weight excluding hydrogens is 731 g/mol. The van der Waals surface area contributed by atoms with Gasteiger partial charge in [-0.25, -0.2) is 22.8 Å². The van der Waals surface area contributed by atoms with Gasteiger partial charge >= 0.3 is 12.1 Å². The Morgan fingerprint density at radius 2 is 1.62 bits per heavy atom. The van der Waals surface area contributed by atoms with Crippen LogP contribution in [-0.2, 0) is 9.47 Å². The second-order valence-corrected chi connectivity index (χ2v) is 14.6. The van der Waals surface area contributed by atoms with E-state index in [-0.39, 0.29) is 42.6 Å². The molecule has 1 saturated heterocycles. The van der Waals surface area contributed by atoms with Crippen molar-refractivity contribution in [2.24, 2.45) is 11.7 Å². The summed E-state index contributed by atoms with van der Waals surface area (Å²) in [5, 5.41) is 2.63. The van der Waals surface area contributed by atoms with Gasteiger partial charge in [0, 0.05) is 45.9 Å². The quantitative estimate of drug-likeness (QED) is 0.0416. The normalized spacial score (nSPS) is 17.5. The van der Waals surface area contributed by atoms with Crippen LogP contribution in [0.5, 0.6) is 11.5 Å². The Hall–Kier alpha value is -4.70. The second-order valence-electron chi connectivity index (χ2n) is 14.6. The van der Waals surface area contributed by atoms with Gasteiger partial charge in [-0.15, -0.1) is 0 Å². The molecular formula is C39H49F5N4O7. The highest BCUT2D eigenvalue weighted by molar-refractivity contribution is 6.01. The molecule has 2 fully saturated rings. The van der Waals surface area contributed by atoms with Crippen LogP contribution in [0.25, 0.3) is 0 Å². The molecule has 2 aromatic rings. The lowest BCUT2D eigenvalue weighted by molar-refractivity contribution is -0.00168. The third-order valence-electron chi connectivity index (χ3n) is 9.15. The number of amides is 2. The van der Waals surface area contributed by atoms with E-state index in [1.807, 2.05) is 13.0 Å². The first-order valence-corrected chi connectivity index (χ1v) is 18.1. The van der Waals surface area contributed by atoms with Gasteiger partial charge in [-0.1, -0.05) is 18.6 Å². The molecule has 1 aliphatic carbocycles. The summed E-state index contributed by atoms with van der Waals surface area (Å²) < 4.78 is 92.0. The highest BCUT2D eigenvalue weighted by atomic mass is 19.2. The highest BCUT2D eigenvalue weighted by Gasteiger charge is 2.34. The second kappa shape index (κ2) is 18.3. The molecule has 2 atom stereocenters. The first-order chi connectivity index (χ1) is 25.9. The Morgan fingerprint density at radius 1 is 0.982 bits per heavy atom. The number of ether oxygens (including phenoxy) is 4. The maximum Gasteiger partial charge on any atom is 0.410 e. The van der Waals surface area contributed by atoms with Gasteiger partial charge in [-0.05, 0) is 83.6 Å². The fourth-order valence-corrected chi connectivity index (χ4v) is 6.06. The zero-order chi connectivity index (χ0) is 40.8. The molecule has 1 heterocycles. The average Bonchev–Trinajstić information content (AvgIpc) is 3.96. The lowest BCUT2D eigenvalue weighted by atomic mass is 10.0. The lowest BCUT2D eigenvalue weighted by Gasteiger charge is -2.41. The summed E-state index contributed by atoms with van der Waals surface area (Å²) >= 11 is 0. The first kappa shape index (κ1) is 43.0. The minimum atomic E-state index is -2.42. The van der Waals surface area contributed by atoms with Crippen molar-refractivity contribution < 1.29 is 55.3 Å². The Balaban J connectivity index is 1.70. The van der Waals surface area contributed by atoms with Crippen LogP contribution in [-0.4, -0.2) is 92.0 Å². The van der Waals surface area contributed by atoms with Crippen molar-refractivity contribution in [3.63, 3.8) is 0 Å². The fraction of sp³-hybridized carbons (Fsp3) is 0.513. The van der Waals surface area contributed by atoms with Crippen molar-refractivity contribution in [3.8, 4) is 11.5 Å². The molecule has 0 aromatic heterocycles. The number of halogens is 5. The number of methoxy groups -OCH3 is 1. The van der Waals surface area contributed by atoms with Crippen LogP contribution in [0, 0.1) is 41.9 Å². The predicted octanol–water partition coefficient (Wildman–Crippen LogP) is 6.56. The number of aryl methyl sites for hydroxylation is 1. The molecule has 2 amide bonds. The summed E-state index contributed by atoms with van der Waals surface area (Å²) in [7, 11) is 1.43. The predicted molar refractivity (Wildman–Crippen MR) is 193 cm³/mol. The van der Waals surface area contributed by atoms with Gasteiger partial charge in [0.1, 0.15) is 11.4 Å². The molecule has 302 valence electrons. The minimum absolute atomic E-state index is 0.0242. The lowest BCUT2D eigenvalue weighted by Crippen LogP contribution is -2.56. The Bertz CT molecular complexity index is 1800. The molecule has 0 spiro atoms. The number of allylic oxidation sites excluding steroid dienone is 3. The van der Waals surface area contributed by atoms with Crippen LogP contribution < -0.4 is 20.5 Å². The van der Waals surface area contributed by atoms with E-state index in [2.05, 4.69) is 17.1 Å². The van der Waals surface area contributed by atoms with E-state index >= 15 is 0 Å². The number of nitrogens with zero attached hydrogens (tertiary/aromatic N) is 2. The number of nitrogens with two attached hydrogens (primary N) is 1. The molecule has 0 radical (unpaired) electrons. The molecule has 2 aromatic carbocycles. The van der Waals surface area contributed by atoms with E-state index in [4.69, 9.17) is 24.7 Å². The van der Waals surface area contributed by atoms with E-state index in [1.54, 1.807) is 31.7 Å². The van der Waals surface area contributed by atoms with Crippen molar-refractivity contribution in [1.82, 2.24) is 15.1 Å². The van der Waals surface area contributed by atoms with Crippen LogP contribution in [0.15, 0.2) is 35.6 Å². The molecule has 1 saturated carbocycles. The first-order valence-electron chi connectivity index (χ1n) is 18.1. The number of carbonyl (C=O) groups is 3. The molecule has 1 aliphatic heterocycles. The summed E-state index contributed by atoms with van der Waals surface area (Å²) in [6.45, 7) is 12.4. The van der Waals surface area contributed by atoms with Gasteiger partial charge in [0.2, 0.25) is 34.8 Å². The van der Waals surface area contributed by atoms with Crippen molar-refractivity contribution in [3.05, 3.63) is 81.3 Å². The van der Waals surface area contributed by atoms with Crippen LogP contribution in [0.4, 0.5) is 26.7 Å². The van der Waals surface area contributed by atoms with Gasteiger partial charge in [-0.2, -0.15) is 8.78 Å². The van der Waals surface area contributed by atoms with Gasteiger partial charge in [-0.3, -0.25) is 9.69 Å². The van der Waals surface area contributed by atoms with Gasteiger partial charge < -0.3 is 34.9 Å². The molecule has 0 unspecified atom stereocenters. The van der Waals surface area contributed by atoms with Gasteiger partial charge in [0.25, 0.3) is 5.91 Å². The number of carbonyl (C=O) groups excluding carboxylic acids is 3. The summed E-state index contributed by atoms with van der Waals surface area (Å²) in [5.74, 6) is -15.3. The largest absolute Gasteiger partial charge is 0.482 e. The molecule has 2 aliphatic rings. The van der Waals surface area contributed by atoms with Crippen LogP contribution in [0.2, 0.25) is 0 Å². The summed E-state index contributed by atoms with van der Waals surface area (Å²) in [6, 6.07) is 2.13. The van der Waals surface area contributed by atoms with Crippen LogP contribution >= 0.6 is 0 Å². The number of hydrogen-bond donors (Lipinski definition) is 2. The number of hydrogen-bond acceptors (Lipinski definition) is 9. The third kappa shape index (κ3) is 11.0. The van der Waals surface area contributed by atoms with Crippen LogP contribution in [0.3, 0.4) is 0 Å². The topological polar surface area (TPSA) is 133 Å². The number of esters is 1. The zero-order valence-electron chi connectivity index (χ0n) is 32.1. The summed E-state index contributed by atoms with van der Waals surface area (Å²) in [4.78, 5) is 43.4. The molecule has 55 heavy (non-hydrogen) atoms. The Labute approximate surface area is 317 Å². The van der Waals surface area contributed by atoms with Crippen molar-refractivity contribution in [2.45, 2.75) is 78.6 Å². The smallest absolute Gasteiger partial charge is 0.410 e. The maximum atomic E-state index is 14.4. The van der Waals surface area contributed by atoms with E-state index in [1.165, 1.54) is 25.7 Å². The van der Waals surface area contributed by atoms with Crippen LogP contribution in [0.1, 0.15) is 80.2 Å². The molecule has 16 heteroatoms. The van der Waals surface area contributed by atoms with E-state index < -0.39 is 70.1 Å². The number of rotatable bonds is 14. The third-order valence-corrected chi connectivity index (χ3v) is 9.15. The van der Waals surface area contributed by atoms with Gasteiger partial charge in [0.05, 0.1) is 23.4 Å². The Kier molecular flexibility index (Phi) is 14.3. The molecule has 0 bridgehead atoms. The standard InChI is InChI=1S/C39H49F5N4O7/c1-8-23(24-9-10-24)11-12-27(45)29(20-47-14-15-48(22(3)19-47)38(51)55-39(4,5)6)53-28-17-21(2)25(18-26(28)36(49)46-13-16-52-7)37(50)54-35-33(43)31(41)30(40)32(42)34(35)44/h11-12,17-18,22,24,29H,8-10,13-16,19-20,45H2,1-7H3,(H,46,49)/b23-11+,27-12-/t22-,29-/m1/s1. The maximum absolute atomic E-state index is 14.4. The van der Waals surface area contributed by atoms with Crippen molar-refractivity contribution in [1.29, 1.82) is 0 Å². The number of benzene rings is 2.